The van der Waals surface area contributed by atoms with Crippen molar-refractivity contribution in [2.45, 2.75) is 19.4 Å². The second kappa shape index (κ2) is 6.34. The van der Waals surface area contributed by atoms with Crippen LogP contribution in [-0.2, 0) is 0 Å². The van der Waals surface area contributed by atoms with Gasteiger partial charge in [0.05, 0.1) is 6.10 Å². The number of carbonyl (C=O) groups excluding carboxylic acids is 1. The highest BCUT2D eigenvalue weighted by atomic mass is 19.1. The van der Waals surface area contributed by atoms with Crippen molar-refractivity contribution in [3.63, 3.8) is 0 Å². The fraction of sp³-hybridized carbons (Fsp3) is 0.267. The van der Waals surface area contributed by atoms with E-state index >= 15 is 0 Å². The van der Waals surface area contributed by atoms with Crippen molar-refractivity contribution in [2.24, 2.45) is 0 Å². The molecule has 4 nitrogen and oxygen atoms in total. The number of benzene rings is 1. The molecule has 1 aromatic carbocycles. The third kappa shape index (κ3) is 3.68. The third-order valence-corrected chi connectivity index (χ3v) is 2.81. The van der Waals surface area contributed by atoms with Gasteiger partial charge in [-0.2, -0.15) is 0 Å². The maximum Gasteiger partial charge on any atom is 0.287 e. The summed E-state index contributed by atoms with van der Waals surface area (Å²) in [5.74, 6) is 0.0380. The minimum atomic E-state index is -0.457. The molecule has 0 bridgehead atoms. The van der Waals surface area contributed by atoms with Crippen LogP contribution >= 0.6 is 0 Å². The van der Waals surface area contributed by atoms with Crippen molar-refractivity contribution >= 4 is 5.91 Å². The minimum absolute atomic E-state index is 0.190. The summed E-state index contributed by atoms with van der Waals surface area (Å²) in [6, 6.07) is 9.07. The van der Waals surface area contributed by atoms with Gasteiger partial charge in [-0.25, -0.2) is 4.39 Å². The second-order valence-corrected chi connectivity index (χ2v) is 4.56. The van der Waals surface area contributed by atoms with Crippen LogP contribution in [0, 0.1) is 5.82 Å². The second-order valence-electron chi connectivity index (χ2n) is 4.56. The molecule has 0 spiro atoms. The van der Waals surface area contributed by atoms with Crippen molar-refractivity contribution < 1.29 is 18.7 Å². The predicted molar refractivity (Wildman–Crippen MR) is 72.7 cm³/mol. The summed E-state index contributed by atoms with van der Waals surface area (Å²) in [5.41, 5.74) is 0.703. The van der Waals surface area contributed by atoms with Crippen LogP contribution in [-0.4, -0.2) is 23.7 Å². The molecular formula is C15H16FNO3. The number of halogens is 1. The van der Waals surface area contributed by atoms with Gasteiger partial charge in [-0.3, -0.25) is 4.79 Å². The van der Waals surface area contributed by atoms with E-state index in [2.05, 4.69) is 5.32 Å². The zero-order valence-corrected chi connectivity index (χ0v) is 11.1. The first kappa shape index (κ1) is 14.3. The molecule has 5 heteroatoms. The first-order valence-electron chi connectivity index (χ1n) is 6.38. The third-order valence-electron chi connectivity index (χ3n) is 2.81. The molecular weight excluding hydrogens is 261 g/mol. The van der Waals surface area contributed by atoms with Gasteiger partial charge in [0.25, 0.3) is 5.91 Å². The van der Waals surface area contributed by atoms with Gasteiger partial charge >= 0.3 is 0 Å². The van der Waals surface area contributed by atoms with Crippen LogP contribution in [0.25, 0.3) is 11.3 Å². The lowest BCUT2D eigenvalue weighted by Crippen LogP contribution is -2.26. The van der Waals surface area contributed by atoms with Crippen LogP contribution in [0.15, 0.2) is 40.8 Å². The highest BCUT2D eigenvalue weighted by Crippen LogP contribution is 2.22. The summed E-state index contributed by atoms with van der Waals surface area (Å²) in [7, 11) is 0. The Morgan fingerprint density at radius 2 is 2.00 bits per heavy atom. The number of hydrogen-bond donors (Lipinski definition) is 2. The number of nitrogens with one attached hydrogen (secondary N) is 1. The Labute approximate surface area is 116 Å². The molecule has 1 amide bonds. The molecule has 0 aliphatic heterocycles. The lowest BCUT2D eigenvalue weighted by atomic mass is 10.2. The lowest BCUT2D eigenvalue weighted by molar-refractivity contribution is 0.0918. The molecule has 20 heavy (non-hydrogen) atoms. The normalized spacial score (nSPS) is 12.2. The Balaban J connectivity index is 2.01. The van der Waals surface area contributed by atoms with Crippen LogP contribution in [0.5, 0.6) is 0 Å². The lowest BCUT2D eigenvalue weighted by Gasteiger charge is -2.04. The van der Waals surface area contributed by atoms with Crippen molar-refractivity contribution in [3.05, 3.63) is 48.0 Å². The summed E-state index contributed by atoms with van der Waals surface area (Å²) < 4.78 is 18.3. The average Bonchev–Trinajstić information content (AvgIpc) is 2.88. The van der Waals surface area contributed by atoms with Crippen LogP contribution in [0.4, 0.5) is 4.39 Å². The van der Waals surface area contributed by atoms with Crippen molar-refractivity contribution in [3.8, 4) is 11.3 Å². The summed E-state index contributed by atoms with van der Waals surface area (Å²) in [5, 5.41) is 11.8. The molecule has 2 aromatic rings. The van der Waals surface area contributed by atoms with Crippen molar-refractivity contribution in [1.29, 1.82) is 0 Å². The number of rotatable bonds is 5. The van der Waals surface area contributed by atoms with E-state index in [9.17, 15) is 9.18 Å². The fourth-order valence-electron chi connectivity index (χ4n) is 1.71. The van der Waals surface area contributed by atoms with Gasteiger partial charge in [0.1, 0.15) is 11.6 Å². The quantitative estimate of drug-likeness (QED) is 0.883. The molecule has 0 radical (unpaired) electrons. The van der Waals surface area contributed by atoms with Gasteiger partial charge in [-0.15, -0.1) is 0 Å². The average molecular weight is 277 g/mol. The Kier molecular flexibility index (Phi) is 4.53. The molecule has 1 atom stereocenters. The molecule has 2 rings (SSSR count). The number of furan rings is 1. The first-order valence-corrected chi connectivity index (χ1v) is 6.38. The summed E-state index contributed by atoms with van der Waals surface area (Å²) in [6.07, 6.45) is 0.0266. The van der Waals surface area contributed by atoms with Gasteiger partial charge in [0.2, 0.25) is 0 Å². The zero-order valence-electron chi connectivity index (χ0n) is 11.1. The monoisotopic (exact) mass is 277 g/mol. The Morgan fingerprint density at radius 3 is 2.65 bits per heavy atom. The van der Waals surface area contributed by atoms with E-state index in [-0.39, 0.29) is 17.5 Å². The maximum absolute atomic E-state index is 12.8. The topological polar surface area (TPSA) is 62.5 Å². The van der Waals surface area contributed by atoms with Crippen LogP contribution in [0.3, 0.4) is 0 Å². The maximum atomic E-state index is 12.8. The van der Waals surface area contributed by atoms with E-state index in [0.717, 1.165) is 0 Å². The molecule has 0 aliphatic rings. The van der Waals surface area contributed by atoms with Crippen molar-refractivity contribution in [1.82, 2.24) is 5.32 Å². The standard InChI is InChI=1S/C15H16FNO3/c1-10(18)8-9-17-15(19)14-7-6-13(20-14)11-2-4-12(16)5-3-11/h2-7,10,18H,8-9H2,1H3,(H,17,19). The Hall–Kier alpha value is -2.14. The number of aliphatic hydroxyl groups excluding tert-OH is 1. The van der Waals surface area contributed by atoms with E-state index in [4.69, 9.17) is 9.52 Å². The van der Waals surface area contributed by atoms with Gasteiger partial charge in [-0.05, 0) is 49.7 Å². The molecule has 1 unspecified atom stereocenters. The van der Waals surface area contributed by atoms with Crippen LogP contribution in [0.1, 0.15) is 23.9 Å². The summed E-state index contributed by atoms with van der Waals surface area (Å²) >= 11 is 0. The molecule has 0 saturated carbocycles. The van der Waals surface area contributed by atoms with E-state index < -0.39 is 6.10 Å². The SMILES string of the molecule is CC(O)CCNC(=O)c1ccc(-c2ccc(F)cc2)o1. The number of hydrogen-bond acceptors (Lipinski definition) is 3. The molecule has 1 aromatic heterocycles. The molecule has 0 aliphatic carbocycles. The molecule has 0 saturated heterocycles. The van der Waals surface area contributed by atoms with E-state index in [0.29, 0.717) is 24.3 Å². The number of amides is 1. The van der Waals surface area contributed by atoms with Gasteiger partial charge in [0.15, 0.2) is 5.76 Å². The summed E-state index contributed by atoms with van der Waals surface area (Å²) in [4.78, 5) is 11.8. The number of carbonyl (C=O) groups is 1. The zero-order chi connectivity index (χ0) is 14.5. The van der Waals surface area contributed by atoms with Crippen LogP contribution < -0.4 is 5.32 Å². The van der Waals surface area contributed by atoms with Crippen molar-refractivity contribution in [2.75, 3.05) is 6.54 Å². The highest BCUT2D eigenvalue weighted by molar-refractivity contribution is 5.92. The van der Waals surface area contributed by atoms with Gasteiger partial charge in [-0.1, -0.05) is 0 Å². The Morgan fingerprint density at radius 1 is 1.30 bits per heavy atom. The van der Waals surface area contributed by atoms with Crippen LogP contribution in [0.2, 0.25) is 0 Å². The number of aliphatic hydroxyl groups is 1. The largest absolute Gasteiger partial charge is 0.451 e. The Bertz CT molecular complexity index is 575. The molecule has 2 N–H and O–H groups in total. The molecule has 106 valence electrons. The smallest absolute Gasteiger partial charge is 0.287 e. The van der Waals surface area contributed by atoms with Gasteiger partial charge in [0, 0.05) is 12.1 Å². The highest BCUT2D eigenvalue weighted by Gasteiger charge is 2.12. The molecule has 1 heterocycles. The van der Waals surface area contributed by atoms with E-state index in [1.54, 1.807) is 31.2 Å². The summed E-state index contributed by atoms with van der Waals surface area (Å²) in [6.45, 7) is 2.04. The molecule has 0 fully saturated rings. The minimum Gasteiger partial charge on any atom is -0.451 e. The predicted octanol–water partition coefficient (Wildman–Crippen LogP) is 2.59. The fourth-order valence-corrected chi connectivity index (χ4v) is 1.71. The van der Waals surface area contributed by atoms with E-state index in [1.165, 1.54) is 12.1 Å². The van der Waals surface area contributed by atoms with Gasteiger partial charge < -0.3 is 14.8 Å². The first-order chi connectivity index (χ1) is 9.56. The van der Waals surface area contributed by atoms with E-state index in [1.807, 2.05) is 0 Å².